The molecule has 0 aromatic heterocycles. The molecular formula is C19H21ClN2O3S. The maximum atomic E-state index is 12.4. The summed E-state index contributed by atoms with van der Waals surface area (Å²) in [7, 11) is -3.50. The van der Waals surface area contributed by atoms with E-state index in [0.29, 0.717) is 17.3 Å². The third-order valence-electron chi connectivity index (χ3n) is 4.41. The lowest BCUT2D eigenvalue weighted by molar-refractivity contribution is -0.117. The Labute approximate surface area is 158 Å². The third kappa shape index (κ3) is 4.26. The Balaban J connectivity index is 1.62. The van der Waals surface area contributed by atoms with E-state index in [2.05, 4.69) is 10.0 Å². The van der Waals surface area contributed by atoms with E-state index in [4.69, 9.17) is 11.6 Å². The van der Waals surface area contributed by atoms with Gasteiger partial charge in [-0.25, -0.2) is 13.1 Å². The molecule has 2 atom stereocenters. The van der Waals surface area contributed by atoms with Crippen molar-refractivity contribution >= 4 is 33.2 Å². The number of halogens is 1. The lowest BCUT2D eigenvalue weighted by atomic mass is 10.1. The van der Waals surface area contributed by atoms with Crippen molar-refractivity contribution in [1.29, 1.82) is 0 Å². The van der Waals surface area contributed by atoms with E-state index in [1.165, 1.54) is 12.1 Å². The van der Waals surface area contributed by atoms with E-state index in [-0.39, 0.29) is 22.6 Å². The number of carbonyl (C=O) groups is 1. The molecule has 2 aromatic rings. The minimum absolute atomic E-state index is 0.0744. The summed E-state index contributed by atoms with van der Waals surface area (Å²) >= 11 is 6.19. The fraction of sp³-hybridized carbons (Fsp3) is 0.316. The SMILES string of the molecule is CCCNS(=O)(=O)c1ccc(NC(=O)C2CC2c2ccccc2Cl)cc1. The summed E-state index contributed by atoms with van der Waals surface area (Å²) < 4.78 is 26.6. The predicted molar refractivity (Wildman–Crippen MR) is 103 cm³/mol. The Hall–Kier alpha value is -1.89. The van der Waals surface area contributed by atoms with Crippen LogP contribution in [0.1, 0.15) is 31.2 Å². The van der Waals surface area contributed by atoms with Gasteiger partial charge in [0.2, 0.25) is 15.9 Å². The van der Waals surface area contributed by atoms with Crippen molar-refractivity contribution in [1.82, 2.24) is 4.72 Å². The van der Waals surface area contributed by atoms with Crippen molar-refractivity contribution in [2.45, 2.75) is 30.6 Å². The Morgan fingerprint density at radius 3 is 2.50 bits per heavy atom. The third-order valence-corrected chi connectivity index (χ3v) is 6.23. The van der Waals surface area contributed by atoms with E-state index in [1.807, 2.05) is 31.2 Å². The molecule has 26 heavy (non-hydrogen) atoms. The summed E-state index contributed by atoms with van der Waals surface area (Å²) in [5.74, 6) is -0.0410. The highest BCUT2D eigenvalue weighted by atomic mass is 35.5. The van der Waals surface area contributed by atoms with E-state index in [1.54, 1.807) is 12.1 Å². The van der Waals surface area contributed by atoms with Gasteiger partial charge in [-0.05, 0) is 54.7 Å². The van der Waals surface area contributed by atoms with Gasteiger partial charge in [0.15, 0.2) is 0 Å². The Bertz CT molecular complexity index is 897. The number of hydrogen-bond donors (Lipinski definition) is 2. The Morgan fingerprint density at radius 2 is 1.85 bits per heavy atom. The minimum Gasteiger partial charge on any atom is -0.326 e. The number of amides is 1. The number of sulfonamides is 1. The lowest BCUT2D eigenvalue weighted by Gasteiger charge is -2.08. The molecule has 2 N–H and O–H groups in total. The zero-order valence-corrected chi connectivity index (χ0v) is 16.0. The smallest absolute Gasteiger partial charge is 0.240 e. The van der Waals surface area contributed by atoms with Crippen molar-refractivity contribution < 1.29 is 13.2 Å². The summed E-state index contributed by atoms with van der Waals surface area (Å²) in [4.78, 5) is 12.6. The Kier molecular flexibility index (Phi) is 5.65. The van der Waals surface area contributed by atoms with E-state index in [9.17, 15) is 13.2 Å². The fourth-order valence-electron chi connectivity index (χ4n) is 2.88. The molecule has 1 amide bonds. The maximum Gasteiger partial charge on any atom is 0.240 e. The molecule has 3 rings (SSSR count). The molecule has 5 nitrogen and oxygen atoms in total. The summed E-state index contributed by atoms with van der Waals surface area (Å²) in [5, 5.41) is 3.53. The topological polar surface area (TPSA) is 75.3 Å². The van der Waals surface area contributed by atoms with Crippen molar-refractivity contribution in [3.8, 4) is 0 Å². The quantitative estimate of drug-likeness (QED) is 0.753. The molecule has 138 valence electrons. The first-order chi connectivity index (χ1) is 12.4. The van der Waals surface area contributed by atoms with Crippen LogP contribution in [0.25, 0.3) is 0 Å². The first kappa shape index (κ1) is 18.9. The highest BCUT2D eigenvalue weighted by Gasteiger charge is 2.44. The zero-order chi connectivity index (χ0) is 18.7. The van der Waals surface area contributed by atoms with Crippen molar-refractivity contribution in [3.05, 3.63) is 59.1 Å². The van der Waals surface area contributed by atoms with Crippen molar-refractivity contribution in [2.24, 2.45) is 5.92 Å². The number of benzene rings is 2. The normalized spacial score (nSPS) is 19.2. The molecular weight excluding hydrogens is 372 g/mol. The minimum atomic E-state index is -3.50. The summed E-state index contributed by atoms with van der Waals surface area (Å²) in [6.45, 7) is 2.29. The molecule has 7 heteroatoms. The maximum absolute atomic E-state index is 12.4. The van der Waals surface area contributed by atoms with Gasteiger partial charge in [-0.15, -0.1) is 0 Å². The first-order valence-corrected chi connectivity index (χ1v) is 10.4. The average Bonchev–Trinajstić information content (AvgIpc) is 3.41. The molecule has 0 spiro atoms. The number of anilines is 1. The molecule has 1 aliphatic carbocycles. The fourth-order valence-corrected chi connectivity index (χ4v) is 4.29. The van der Waals surface area contributed by atoms with Crippen LogP contribution >= 0.6 is 11.6 Å². The van der Waals surface area contributed by atoms with Crippen molar-refractivity contribution in [3.63, 3.8) is 0 Å². The molecule has 0 heterocycles. The Morgan fingerprint density at radius 1 is 1.15 bits per heavy atom. The number of carbonyl (C=O) groups excluding carboxylic acids is 1. The van der Waals surface area contributed by atoms with Crippen LogP contribution in [0, 0.1) is 5.92 Å². The largest absolute Gasteiger partial charge is 0.326 e. The van der Waals surface area contributed by atoms with Gasteiger partial charge in [0.05, 0.1) is 4.90 Å². The molecule has 1 fully saturated rings. The van der Waals surface area contributed by atoms with Crippen molar-refractivity contribution in [2.75, 3.05) is 11.9 Å². The van der Waals surface area contributed by atoms with Crippen LogP contribution < -0.4 is 10.0 Å². The van der Waals surface area contributed by atoms with Crippen LogP contribution in [0.5, 0.6) is 0 Å². The van der Waals surface area contributed by atoms with Crippen LogP contribution in [-0.4, -0.2) is 20.9 Å². The van der Waals surface area contributed by atoms with Gasteiger partial charge in [0.25, 0.3) is 0 Å². The molecule has 0 saturated heterocycles. The highest BCUT2D eigenvalue weighted by Crippen LogP contribution is 2.49. The second-order valence-corrected chi connectivity index (χ2v) is 8.56. The molecule has 1 aliphatic rings. The summed E-state index contributed by atoms with van der Waals surface area (Å²) in [6.07, 6.45) is 1.49. The zero-order valence-electron chi connectivity index (χ0n) is 14.4. The van der Waals surface area contributed by atoms with Crippen LogP contribution in [0.3, 0.4) is 0 Å². The standard InChI is InChI=1S/C19H21ClN2O3S/c1-2-11-21-26(24,25)14-9-7-13(8-10-14)22-19(23)17-12-16(17)15-5-3-4-6-18(15)20/h3-10,16-17,21H,2,11-12H2,1H3,(H,22,23). The van der Waals surface area contributed by atoms with Gasteiger partial charge in [-0.1, -0.05) is 36.7 Å². The number of rotatable bonds is 7. The van der Waals surface area contributed by atoms with Crippen LogP contribution in [0.4, 0.5) is 5.69 Å². The molecule has 0 bridgehead atoms. The molecule has 2 unspecified atom stereocenters. The van der Waals surface area contributed by atoms with Gasteiger partial charge in [0.1, 0.15) is 0 Å². The van der Waals surface area contributed by atoms with Gasteiger partial charge in [-0.2, -0.15) is 0 Å². The van der Waals surface area contributed by atoms with Crippen LogP contribution in [0.15, 0.2) is 53.4 Å². The van der Waals surface area contributed by atoms with Crippen LogP contribution in [0.2, 0.25) is 5.02 Å². The van der Waals surface area contributed by atoms with Crippen LogP contribution in [-0.2, 0) is 14.8 Å². The number of hydrogen-bond acceptors (Lipinski definition) is 3. The van der Waals surface area contributed by atoms with Gasteiger partial charge >= 0.3 is 0 Å². The van der Waals surface area contributed by atoms with E-state index in [0.717, 1.165) is 18.4 Å². The van der Waals surface area contributed by atoms with E-state index < -0.39 is 10.0 Å². The molecule has 0 radical (unpaired) electrons. The summed E-state index contributed by atoms with van der Waals surface area (Å²) in [6, 6.07) is 13.8. The second kappa shape index (κ2) is 7.78. The van der Waals surface area contributed by atoms with E-state index >= 15 is 0 Å². The lowest BCUT2D eigenvalue weighted by Crippen LogP contribution is -2.24. The van der Waals surface area contributed by atoms with Gasteiger partial charge in [-0.3, -0.25) is 4.79 Å². The second-order valence-electron chi connectivity index (χ2n) is 6.38. The highest BCUT2D eigenvalue weighted by molar-refractivity contribution is 7.89. The monoisotopic (exact) mass is 392 g/mol. The first-order valence-electron chi connectivity index (χ1n) is 8.57. The molecule has 2 aromatic carbocycles. The molecule has 0 aliphatic heterocycles. The molecule has 1 saturated carbocycles. The summed E-state index contributed by atoms with van der Waals surface area (Å²) in [5.41, 5.74) is 1.58. The average molecular weight is 393 g/mol. The van der Waals surface area contributed by atoms with Gasteiger partial charge < -0.3 is 5.32 Å². The predicted octanol–water partition coefficient (Wildman–Crippen LogP) is 3.77. The number of nitrogens with one attached hydrogen (secondary N) is 2. The van der Waals surface area contributed by atoms with Gasteiger partial charge in [0, 0.05) is 23.2 Å².